The molecule has 1 fully saturated rings. The standard InChI is InChI=1S/C16H22N6O.ClH/c1-13-3-2-4-14(11-13)22-12-15(19-20-22)16(23)18-7-10-21-8-5-17-6-9-21;/h2-4,11-12,17H,5-10H2,1H3,(H,18,23);1H. The summed E-state index contributed by atoms with van der Waals surface area (Å²) < 4.78 is 1.62. The average Bonchev–Trinajstić information content (AvgIpc) is 3.06. The zero-order valence-corrected chi connectivity index (χ0v) is 14.6. The van der Waals surface area contributed by atoms with Gasteiger partial charge in [-0.2, -0.15) is 0 Å². The van der Waals surface area contributed by atoms with E-state index in [-0.39, 0.29) is 18.3 Å². The quantitative estimate of drug-likeness (QED) is 0.827. The van der Waals surface area contributed by atoms with Crippen LogP contribution in [0.15, 0.2) is 30.5 Å². The molecule has 130 valence electrons. The molecule has 0 bridgehead atoms. The molecule has 8 heteroatoms. The van der Waals surface area contributed by atoms with E-state index in [1.54, 1.807) is 10.9 Å². The number of halogens is 1. The molecule has 0 radical (unpaired) electrons. The SMILES string of the molecule is Cc1cccc(-n2cc(C(=O)NCCN3CCNCC3)nn2)c1.Cl. The summed E-state index contributed by atoms with van der Waals surface area (Å²) in [5.41, 5.74) is 2.38. The van der Waals surface area contributed by atoms with Crippen LogP contribution < -0.4 is 10.6 Å². The topological polar surface area (TPSA) is 75.1 Å². The molecular formula is C16H23ClN6O. The van der Waals surface area contributed by atoms with Gasteiger partial charge in [0.25, 0.3) is 5.91 Å². The van der Waals surface area contributed by atoms with E-state index in [4.69, 9.17) is 0 Å². The molecule has 2 N–H and O–H groups in total. The number of aryl methyl sites for hydroxylation is 1. The molecule has 2 aromatic rings. The van der Waals surface area contributed by atoms with Gasteiger partial charge in [-0.25, -0.2) is 4.68 Å². The Labute approximate surface area is 147 Å². The number of piperazine rings is 1. The number of aromatic nitrogens is 3. The van der Waals surface area contributed by atoms with Crippen LogP contribution in [0.2, 0.25) is 0 Å². The highest BCUT2D eigenvalue weighted by Crippen LogP contribution is 2.09. The van der Waals surface area contributed by atoms with Crippen LogP contribution in [0.1, 0.15) is 16.1 Å². The third kappa shape index (κ3) is 4.77. The Hall–Kier alpha value is -1.96. The summed E-state index contributed by atoms with van der Waals surface area (Å²) in [4.78, 5) is 14.5. The van der Waals surface area contributed by atoms with Crippen LogP contribution in [0, 0.1) is 6.92 Å². The first kappa shape index (κ1) is 18.4. The van der Waals surface area contributed by atoms with Gasteiger partial charge in [0.1, 0.15) is 0 Å². The third-order valence-electron chi connectivity index (χ3n) is 3.92. The second kappa shape index (κ2) is 8.77. The number of hydrogen-bond donors (Lipinski definition) is 2. The highest BCUT2D eigenvalue weighted by molar-refractivity contribution is 5.91. The van der Waals surface area contributed by atoms with E-state index >= 15 is 0 Å². The monoisotopic (exact) mass is 350 g/mol. The van der Waals surface area contributed by atoms with Gasteiger partial charge in [-0.05, 0) is 24.6 Å². The number of nitrogens with zero attached hydrogens (tertiary/aromatic N) is 4. The number of nitrogens with one attached hydrogen (secondary N) is 2. The molecule has 0 aliphatic carbocycles. The zero-order valence-electron chi connectivity index (χ0n) is 13.7. The molecule has 2 heterocycles. The fourth-order valence-corrected chi connectivity index (χ4v) is 2.62. The number of hydrogen-bond acceptors (Lipinski definition) is 5. The van der Waals surface area contributed by atoms with Crippen molar-refractivity contribution in [2.75, 3.05) is 39.3 Å². The van der Waals surface area contributed by atoms with Crippen molar-refractivity contribution in [1.82, 2.24) is 30.5 Å². The number of carbonyl (C=O) groups excluding carboxylic acids is 1. The first-order chi connectivity index (χ1) is 11.2. The first-order valence-electron chi connectivity index (χ1n) is 7.93. The molecule has 24 heavy (non-hydrogen) atoms. The Morgan fingerprint density at radius 2 is 2.12 bits per heavy atom. The van der Waals surface area contributed by atoms with Crippen LogP contribution in [0.3, 0.4) is 0 Å². The molecule has 0 atom stereocenters. The van der Waals surface area contributed by atoms with Crippen LogP contribution >= 0.6 is 12.4 Å². The summed E-state index contributed by atoms with van der Waals surface area (Å²) in [6.45, 7) is 7.58. The molecular weight excluding hydrogens is 328 g/mol. The van der Waals surface area contributed by atoms with Gasteiger partial charge in [0.05, 0.1) is 11.9 Å². The van der Waals surface area contributed by atoms with Gasteiger partial charge in [-0.15, -0.1) is 17.5 Å². The van der Waals surface area contributed by atoms with Crippen LogP contribution in [-0.2, 0) is 0 Å². The molecule has 7 nitrogen and oxygen atoms in total. The molecule has 1 aliphatic rings. The zero-order chi connectivity index (χ0) is 16.1. The van der Waals surface area contributed by atoms with Crippen molar-refractivity contribution in [3.05, 3.63) is 41.7 Å². The highest BCUT2D eigenvalue weighted by atomic mass is 35.5. The summed E-state index contributed by atoms with van der Waals surface area (Å²) >= 11 is 0. The largest absolute Gasteiger partial charge is 0.349 e. The summed E-state index contributed by atoms with van der Waals surface area (Å²) in [6.07, 6.45) is 1.66. The molecule has 0 spiro atoms. The summed E-state index contributed by atoms with van der Waals surface area (Å²) in [5.74, 6) is -0.181. The predicted molar refractivity (Wildman–Crippen MR) is 95.0 cm³/mol. The van der Waals surface area contributed by atoms with Gasteiger partial charge in [-0.1, -0.05) is 17.3 Å². The second-order valence-corrected chi connectivity index (χ2v) is 5.73. The third-order valence-corrected chi connectivity index (χ3v) is 3.92. The second-order valence-electron chi connectivity index (χ2n) is 5.73. The molecule has 1 aliphatic heterocycles. The molecule has 0 unspecified atom stereocenters. The van der Waals surface area contributed by atoms with Crippen molar-refractivity contribution < 1.29 is 4.79 Å². The number of carbonyl (C=O) groups is 1. The van der Waals surface area contributed by atoms with Crippen molar-refractivity contribution in [3.63, 3.8) is 0 Å². The van der Waals surface area contributed by atoms with Crippen molar-refractivity contribution in [2.24, 2.45) is 0 Å². The Balaban J connectivity index is 0.00000208. The number of benzene rings is 1. The fraction of sp³-hybridized carbons (Fsp3) is 0.438. The molecule has 0 saturated carbocycles. The van der Waals surface area contributed by atoms with Gasteiger partial charge in [-0.3, -0.25) is 9.69 Å². The maximum Gasteiger partial charge on any atom is 0.273 e. The predicted octanol–water partition coefficient (Wildman–Crippen LogP) is 0.633. The molecule has 3 rings (SSSR count). The summed E-state index contributed by atoms with van der Waals surface area (Å²) in [5, 5.41) is 14.2. The minimum Gasteiger partial charge on any atom is -0.349 e. The maximum absolute atomic E-state index is 12.1. The van der Waals surface area contributed by atoms with E-state index in [9.17, 15) is 4.79 Å². The Bertz CT molecular complexity index is 668. The van der Waals surface area contributed by atoms with Crippen LogP contribution in [0.5, 0.6) is 0 Å². The lowest BCUT2D eigenvalue weighted by Crippen LogP contribution is -2.46. The van der Waals surface area contributed by atoms with Gasteiger partial charge in [0.2, 0.25) is 0 Å². The Kier molecular flexibility index (Phi) is 6.72. The average molecular weight is 351 g/mol. The fourth-order valence-electron chi connectivity index (χ4n) is 2.62. The van der Waals surface area contributed by atoms with E-state index in [0.717, 1.165) is 44.0 Å². The van der Waals surface area contributed by atoms with Crippen molar-refractivity contribution >= 4 is 18.3 Å². The van der Waals surface area contributed by atoms with E-state index in [1.165, 1.54) is 0 Å². The summed E-state index contributed by atoms with van der Waals surface area (Å²) in [7, 11) is 0. The normalized spacial score (nSPS) is 14.9. The van der Waals surface area contributed by atoms with Crippen LogP contribution in [0.4, 0.5) is 0 Å². The van der Waals surface area contributed by atoms with Gasteiger partial charge in [0.15, 0.2) is 5.69 Å². The first-order valence-corrected chi connectivity index (χ1v) is 7.93. The Morgan fingerprint density at radius 1 is 1.33 bits per heavy atom. The van der Waals surface area contributed by atoms with E-state index in [1.807, 2.05) is 31.2 Å². The minimum atomic E-state index is -0.181. The molecule has 1 saturated heterocycles. The molecule has 1 amide bonds. The van der Waals surface area contributed by atoms with E-state index < -0.39 is 0 Å². The van der Waals surface area contributed by atoms with Gasteiger partial charge >= 0.3 is 0 Å². The smallest absolute Gasteiger partial charge is 0.273 e. The summed E-state index contributed by atoms with van der Waals surface area (Å²) in [6, 6.07) is 7.91. The highest BCUT2D eigenvalue weighted by Gasteiger charge is 2.13. The lowest BCUT2D eigenvalue weighted by molar-refractivity contribution is 0.0942. The number of amides is 1. The van der Waals surface area contributed by atoms with Crippen LogP contribution in [-0.4, -0.2) is 65.1 Å². The molecule has 1 aromatic heterocycles. The van der Waals surface area contributed by atoms with E-state index in [2.05, 4.69) is 25.8 Å². The number of rotatable bonds is 5. The van der Waals surface area contributed by atoms with Gasteiger partial charge in [0, 0.05) is 39.3 Å². The van der Waals surface area contributed by atoms with Crippen LogP contribution in [0.25, 0.3) is 5.69 Å². The lowest BCUT2D eigenvalue weighted by Gasteiger charge is -2.26. The maximum atomic E-state index is 12.1. The van der Waals surface area contributed by atoms with E-state index in [0.29, 0.717) is 12.2 Å². The van der Waals surface area contributed by atoms with Gasteiger partial charge < -0.3 is 10.6 Å². The minimum absolute atomic E-state index is 0. The van der Waals surface area contributed by atoms with Crippen molar-refractivity contribution in [2.45, 2.75) is 6.92 Å². The lowest BCUT2D eigenvalue weighted by atomic mass is 10.2. The Morgan fingerprint density at radius 3 is 2.88 bits per heavy atom. The molecule has 1 aromatic carbocycles. The van der Waals surface area contributed by atoms with Crippen molar-refractivity contribution in [3.8, 4) is 5.69 Å². The van der Waals surface area contributed by atoms with Crippen molar-refractivity contribution in [1.29, 1.82) is 0 Å².